The largest absolute Gasteiger partial charge is 0.496 e. The summed E-state index contributed by atoms with van der Waals surface area (Å²) in [4.78, 5) is 4.25. The quantitative estimate of drug-likeness (QED) is 0.922. The van der Waals surface area contributed by atoms with E-state index in [0.29, 0.717) is 22.6 Å². The van der Waals surface area contributed by atoms with Crippen LogP contribution in [0, 0.1) is 0 Å². The lowest BCUT2D eigenvalue weighted by Gasteiger charge is -2.05. The average molecular weight is 268 g/mol. The second kappa shape index (κ2) is 5.27. The maximum Gasteiger partial charge on any atom is 0.321 e. The molecule has 5 nitrogen and oxygen atoms in total. The van der Waals surface area contributed by atoms with E-state index in [1.54, 1.807) is 25.3 Å². The minimum absolute atomic E-state index is 0.227. The second-order valence-corrected chi connectivity index (χ2v) is 4.50. The van der Waals surface area contributed by atoms with E-state index in [4.69, 9.17) is 20.9 Å². The van der Waals surface area contributed by atoms with Crippen LogP contribution in [0.25, 0.3) is 11.4 Å². The fourth-order valence-corrected chi connectivity index (χ4v) is 1.65. The SMILES string of the molecule is COc1cc(Cl)ccc1-c1noc(NC(C)C)n1. The van der Waals surface area contributed by atoms with Gasteiger partial charge < -0.3 is 14.6 Å². The third-order valence-corrected chi connectivity index (χ3v) is 2.48. The molecular formula is C12H14ClN3O2. The van der Waals surface area contributed by atoms with Crippen LogP contribution in [-0.4, -0.2) is 23.3 Å². The normalized spacial score (nSPS) is 10.7. The van der Waals surface area contributed by atoms with Gasteiger partial charge in [-0.3, -0.25) is 0 Å². The number of nitrogens with zero attached hydrogens (tertiary/aromatic N) is 2. The van der Waals surface area contributed by atoms with E-state index in [1.165, 1.54) is 0 Å². The van der Waals surface area contributed by atoms with E-state index in [9.17, 15) is 0 Å². The Kier molecular flexibility index (Phi) is 3.72. The molecule has 6 heteroatoms. The van der Waals surface area contributed by atoms with Gasteiger partial charge in [-0.2, -0.15) is 4.98 Å². The molecule has 0 spiro atoms. The van der Waals surface area contributed by atoms with E-state index in [0.717, 1.165) is 5.56 Å². The summed E-state index contributed by atoms with van der Waals surface area (Å²) in [5.74, 6) is 1.08. The Hall–Kier alpha value is -1.75. The van der Waals surface area contributed by atoms with E-state index in [2.05, 4.69) is 15.5 Å². The van der Waals surface area contributed by atoms with Crippen molar-refractivity contribution in [2.75, 3.05) is 12.4 Å². The molecule has 0 fully saturated rings. The summed E-state index contributed by atoms with van der Waals surface area (Å²) in [5.41, 5.74) is 0.738. The zero-order valence-corrected chi connectivity index (χ0v) is 11.2. The molecule has 1 heterocycles. The first-order chi connectivity index (χ1) is 8.60. The summed E-state index contributed by atoms with van der Waals surface area (Å²) in [5, 5.41) is 7.54. The Morgan fingerprint density at radius 2 is 2.17 bits per heavy atom. The van der Waals surface area contributed by atoms with Crippen molar-refractivity contribution in [1.82, 2.24) is 10.1 Å². The smallest absolute Gasteiger partial charge is 0.321 e. The number of aromatic nitrogens is 2. The number of halogens is 1. The molecule has 0 amide bonds. The van der Waals surface area contributed by atoms with Gasteiger partial charge in [0.2, 0.25) is 5.82 Å². The number of rotatable bonds is 4. The van der Waals surface area contributed by atoms with Crippen molar-refractivity contribution in [2.24, 2.45) is 0 Å². The molecule has 0 atom stereocenters. The Bertz CT molecular complexity index is 540. The summed E-state index contributed by atoms with van der Waals surface area (Å²) in [6.45, 7) is 3.99. The molecule has 1 aromatic carbocycles. The van der Waals surface area contributed by atoms with Crippen LogP contribution in [0.5, 0.6) is 5.75 Å². The van der Waals surface area contributed by atoms with Gasteiger partial charge in [-0.25, -0.2) is 0 Å². The predicted octanol–water partition coefficient (Wildman–Crippen LogP) is 3.22. The number of methoxy groups -OCH3 is 1. The third kappa shape index (κ3) is 2.73. The van der Waals surface area contributed by atoms with Crippen molar-refractivity contribution < 1.29 is 9.26 Å². The van der Waals surface area contributed by atoms with Crippen LogP contribution in [0.3, 0.4) is 0 Å². The highest BCUT2D eigenvalue weighted by molar-refractivity contribution is 6.30. The molecule has 0 radical (unpaired) electrons. The third-order valence-electron chi connectivity index (χ3n) is 2.24. The first-order valence-corrected chi connectivity index (χ1v) is 5.92. The number of hydrogen-bond donors (Lipinski definition) is 1. The first-order valence-electron chi connectivity index (χ1n) is 5.54. The fraction of sp³-hybridized carbons (Fsp3) is 0.333. The standard InChI is InChI=1S/C12H14ClN3O2/c1-7(2)14-12-15-11(16-18-12)9-5-4-8(13)6-10(9)17-3/h4-7H,1-3H3,(H,14,15,16). The molecule has 0 unspecified atom stereocenters. The van der Waals surface area contributed by atoms with Gasteiger partial charge in [-0.1, -0.05) is 16.8 Å². The predicted molar refractivity (Wildman–Crippen MR) is 70.1 cm³/mol. The molecule has 0 saturated heterocycles. The number of hydrogen-bond acceptors (Lipinski definition) is 5. The number of benzene rings is 1. The lowest BCUT2D eigenvalue weighted by atomic mass is 10.2. The Morgan fingerprint density at radius 3 is 2.83 bits per heavy atom. The van der Waals surface area contributed by atoms with Crippen molar-refractivity contribution in [1.29, 1.82) is 0 Å². The van der Waals surface area contributed by atoms with Gasteiger partial charge in [0.05, 0.1) is 12.7 Å². The van der Waals surface area contributed by atoms with Gasteiger partial charge >= 0.3 is 6.01 Å². The van der Waals surface area contributed by atoms with E-state index in [-0.39, 0.29) is 6.04 Å². The Labute approximate surface area is 110 Å². The minimum Gasteiger partial charge on any atom is -0.496 e. The molecule has 0 bridgehead atoms. The average Bonchev–Trinajstić information content (AvgIpc) is 2.76. The van der Waals surface area contributed by atoms with Crippen LogP contribution in [0.2, 0.25) is 5.02 Å². The van der Waals surface area contributed by atoms with Crippen molar-refractivity contribution >= 4 is 17.6 Å². The summed E-state index contributed by atoms with van der Waals surface area (Å²) in [7, 11) is 1.57. The van der Waals surface area contributed by atoms with Gasteiger partial charge in [0, 0.05) is 11.1 Å². The van der Waals surface area contributed by atoms with Crippen LogP contribution in [0.4, 0.5) is 6.01 Å². The van der Waals surface area contributed by atoms with Gasteiger partial charge in [0.25, 0.3) is 0 Å². The fourth-order valence-electron chi connectivity index (χ4n) is 1.49. The molecule has 0 aliphatic rings. The lowest BCUT2D eigenvalue weighted by Crippen LogP contribution is -2.09. The summed E-state index contributed by atoms with van der Waals surface area (Å²) in [6.07, 6.45) is 0. The first kappa shape index (κ1) is 12.7. The molecule has 96 valence electrons. The van der Waals surface area contributed by atoms with Crippen LogP contribution in [0.1, 0.15) is 13.8 Å². The Morgan fingerprint density at radius 1 is 1.39 bits per heavy atom. The highest BCUT2D eigenvalue weighted by Gasteiger charge is 2.13. The zero-order chi connectivity index (χ0) is 13.1. The van der Waals surface area contributed by atoms with Crippen molar-refractivity contribution in [3.63, 3.8) is 0 Å². The molecule has 2 aromatic rings. The monoisotopic (exact) mass is 267 g/mol. The van der Waals surface area contributed by atoms with Gasteiger partial charge in [-0.05, 0) is 32.0 Å². The zero-order valence-electron chi connectivity index (χ0n) is 10.4. The van der Waals surface area contributed by atoms with Crippen molar-refractivity contribution in [3.8, 4) is 17.1 Å². The summed E-state index contributed by atoms with van der Waals surface area (Å²) >= 11 is 5.90. The molecule has 1 aromatic heterocycles. The molecule has 0 aliphatic heterocycles. The molecule has 2 rings (SSSR count). The van der Waals surface area contributed by atoms with E-state index < -0.39 is 0 Å². The Balaban J connectivity index is 2.33. The second-order valence-electron chi connectivity index (χ2n) is 4.07. The molecule has 1 N–H and O–H groups in total. The summed E-state index contributed by atoms with van der Waals surface area (Å²) in [6, 6.07) is 5.88. The molecular weight excluding hydrogens is 254 g/mol. The highest BCUT2D eigenvalue weighted by Crippen LogP contribution is 2.31. The number of ether oxygens (including phenoxy) is 1. The maximum absolute atomic E-state index is 5.90. The topological polar surface area (TPSA) is 60.2 Å². The van der Waals surface area contributed by atoms with Gasteiger partial charge in [-0.15, -0.1) is 0 Å². The molecule has 0 aliphatic carbocycles. The number of anilines is 1. The van der Waals surface area contributed by atoms with Crippen LogP contribution >= 0.6 is 11.6 Å². The van der Waals surface area contributed by atoms with Crippen molar-refractivity contribution in [2.45, 2.75) is 19.9 Å². The van der Waals surface area contributed by atoms with Crippen LogP contribution in [0.15, 0.2) is 22.7 Å². The minimum atomic E-state index is 0.227. The molecule has 0 saturated carbocycles. The van der Waals surface area contributed by atoms with Gasteiger partial charge in [0.15, 0.2) is 0 Å². The lowest BCUT2D eigenvalue weighted by molar-refractivity contribution is 0.413. The maximum atomic E-state index is 5.90. The van der Waals surface area contributed by atoms with Gasteiger partial charge in [0.1, 0.15) is 5.75 Å². The van der Waals surface area contributed by atoms with E-state index in [1.807, 2.05) is 13.8 Å². The van der Waals surface area contributed by atoms with Crippen LogP contribution < -0.4 is 10.1 Å². The molecule has 18 heavy (non-hydrogen) atoms. The van der Waals surface area contributed by atoms with Crippen molar-refractivity contribution in [3.05, 3.63) is 23.2 Å². The number of nitrogens with one attached hydrogen (secondary N) is 1. The highest BCUT2D eigenvalue weighted by atomic mass is 35.5. The van der Waals surface area contributed by atoms with E-state index >= 15 is 0 Å². The summed E-state index contributed by atoms with van der Waals surface area (Å²) < 4.78 is 10.3. The van der Waals surface area contributed by atoms with Crippen LogP contribution in [-0.2, 0) is 0 Å².